The molecule has 0 aliphatic heterocycles. The van der Waals surface area contributed by atoms with Gasteiger partial charge < -0.3 is 0 Å². The van der Waals surface area contributed by atoms with Gasteiger partial charge in [-0.15, -0.1) is 11.3 Å². The zero-order valence-electron chi connectivity index (χ0n) is 7.35. The molecule has 0 amide bonds. The molecule has 0 aliphatic rings. The number of hydrogen-bond donors (Lipinski definition) is 0. The third-order valence-corrected chi connectivity index (χ3v) is 2.50. The first-order valence-corrected chi connectivity index (χ1v) is 4.53. The van der Waals surface area contributed by atoms with Crippen molar-refractivity contribution in [3.63, 3.8) is 0 Å². The van der Waals surface area contributed by atoms with Crippen LogP contribution in [0.5, 0.6) is 0 Å². The fourth-order valence-corrected chi connectivity index (χ4v) is 1.80. The van der Waals surface area contributed by atoms with Crippen LogP contribution in [0.3, 0.4) is 0 Å². The van der Waals surface area contributed by atoms with Crippen molar-refractivity contribution in [3.8, 4) is 0 Å². The average molecular weight is 186 g/mol. The minimum absolute atomic E-state index is 0.430. The SMILES string of the molecule is Cc1ccc(C(=O)C(C)(C)F)s1. The van der Waals surface area contributed by atoms with Crippen LogP contribution in [0.4, 0.5) is 4.39 Å². The van der Waals surface area contributed by atoms with Gasteiger partial charge in [0.05, 0.1) is 4.88 Å². The maximum Gasteiger partial charge on any atom is 0.209 e. The fourth-order valence-electron chi connectivity index (χ4n) is 0.850. The topological polar surface area (TPSA) is 17.1 Å². The number of alkyl halides is 1. The lowest BCUT2D eigenvalue weighted by Gasteiger charge is -2.09. The van der Waals surface area contributed by atoms with Gasteiger partial charge in [-0.1, -0.05) is 0 Å². The van der Waals surface area contributed by atoms with Crippen molar-refractivity contribution in [3.05, 3.63) is 21.9 Å². The minimum atomic E-state index is -1.75. The molecule has 1 aromatic rings. The summed E-state index contributed by atoms with van der Waals surface area (Å²) in [5, 5.41) is 0. The van der Waals surface area contributed by atoms with E-state index in [4.69, 9.17) is 0 Å². The van der Waals surface area contributed by atoms with E-state index in [2.05, 4.69) is 0 Å². The summed E-state index contributed by atoms with van der Waals surface area (Å²) in [6.07, 6.45) is 0. The Morgan fingerprint density at radius 2 is 2.08 bits per heavy atom. The molecular weight excluding hydrogens is 175 g/mol. The van der Waals surface area contributed by atoms with E-state index in [1.54, 1.807) is 6.07 Å². The molecule has 0 unspecified atom stereocenters. The lowest BCUT2D eigenvalue weighted by molar-refractivity contribution is 0.0765. The molecule has 12 heavy (non-hydrogen) atoms. The average Bonchev–Trinajstić information content (AvgIpc) is 2.32. The van der Waals surface area contributed by atoms with Crippen LogP contribution in [-0.2, 0) is 0 Å². The van der Waals surface area contributed by atoms with Gasteiger partial charge in [-0.2, -0.15) is 0 Å². The van der Waals surface area contributed by atoms with E-state index in [9.17, 15) is 9.18 Å². The minimum Gasteiger partial charge on any atom is -0.290 e. The Hall–Kier alpha value is -0.700. The molecule has 0 saturated carbocycles. The quantitative estimate of drug-likeness (QED) is 0.649. The van der Waals surface area contributed by atoms with E-state index in [0.29, 0.717) is 4.88 Å². The number of carbonyl (C=O) groups excluding carboxylic acids is 1. The van der Waals surface area contributed by atoms with Gasteiger partial charge >= 0.3 is 0 Å². The van der Waals surface area contributed by atoms with Crippen molar-refractivity contribution in [1.29, 1.82) is 0 Å². The zero-order chi connectivity index (χ0) is 9.35. The molecule has 0 aliphatic carbocycles. The molecule has 1 aromatic heterocycles. The van der Waals surface area contributed by atoms with Crippen LogP contribution in [0.25, 0.3) is 0 Å². The van der Waals surface area contributed by atoms with E-state index >= 15 is 0 Å². The number of Topliss-reactive ketones (excluding diaryl/α,β-unsaturated/α-hetero) is 1. The molecule has 1 nitrogen and oxygen atoms in total. The predicted molar refractivity (Wildman–Crippen MR) is 48.6 cm³/mol. The van der Waals surface area contributed by atoms with Gasteiger partial charge in [-0.25, -0.2) is 4.39 Å². The molecule has 3 heteroatoms. The summed E-state index contributed by atoms with van der Waals surface area (Å²) in [6, 6.07) is 3.49. The van der Waals surface area contributed by atoms with Gasteiger partial charge in [0.15, 0.2) is 5.67 Å². The highest BCUT2D eigenvalue weighted by Gasteiger charge is 2.28. The molecule has 66 valence electrons. The maximum absolute atomic E-state index is 13.1. The monoisotopic (exact) mass is 186 g/mol. The van der Waals surface area contributed by atoms with Gasteiger partial charge in [0, 0.05) is 4.88 Å². The van der Waals surface area contributed by atoms with Gasteiger partial charge in [0.2, 0.25) is 5.78 Å². The van der Waals surface area contributed by atoms with Crippen molar-refractivity contribution in [2.75, 3.05) is 0 Å². The molecule has 0 saturated heterocycles. The van der Waals surface area contributed by atoms with Crippen LogP contribution in [0.1, 0.15) is 28.4 Å². The molecule has 0 bridgehead atoms. The number of rotatable bonds is 2. The zero-order valence-corrected chi connectivity index (χ0v) is 8.17. The Bertz CT molecular complexity index is 296. The predicted octanol–water partition coefficient (Wildman–Crippen LogP) is 2.99. The highest BCUT2D eigenvalue weighted by molar-refractivity contribution is 7.14. The van der Waals surface area contributed by atoms with Crippen LogP contribution < -0.4 is 0 Å². The molecule has 1 heterocycles. The van der Waals surface area contributed by atoms with E-state index in [0.717, 1.165) is 4.88 Å². The van der Waals surface area contributed by atoms with Crippen molar-refractivity contribution in [1.82, 2.24) is 0 Å². The summed E-state index contributed by atoms with van der Waals surface area (Å²) in [5.41, 5.74) is -1.75. The first kappa shape index (κ1) is 9.39. The van der Waals surface area contributed by atoms with Crippen LogP contribution in [-0.4, -0.2) is 11.5 Å². The van der Waals surface area contributed by atoms with Gasteiger partial charge in [0.25, 0.3) is 0 Å². The number of ketones is 1. The summed E-state index contributed by atoms with van der Waals surface area (Å²) >= 11 is 1.33. The van der Waals surface area contributed by atoms with E-state index < -0.39 is 11.5 Å². The third-order valence-electron chi connectivity index (χ3n) is 1.50. The lowest BCUT2D eigenvalue weighted by Crippen LogP contribution is -2.24. The Labute approximate surface area is 75.2 Å². The first-order valence-electron chi connectivity index (χ1n) is 3.71. The third kappa shape index (κ3) is 1.91. The molecule has 0 spiro atoms. The molecule has 0 radical (unpaired) electrons. The fraction of sp³-hybridized carbons (Fsp3) is 0.444. The van der Waals surface area contributed by atoms with Crippen molar-refractivity contribution in [2.24, 2.45) is 0 Å². The van der Waals surface area contributed by atoms with E-state index in [1.165, 1.54) is 25.2 Å². The van der Waals surface area contributed by atoms with Crippen molar-refractivity contribution < 1.29 is 9.18 Å². The van der Waals surface area contributed by atoms with Crippen molar-refractivity contribution >= 4 is 17.1 Å². The van der Waals surface area contributed by atoms with Crippen LogP contribution >= 0.6 is 11.3 Å². The summed E-state index contributed by atoms with van der Waals surface area (Å²) in [5.74, 6) is -0.430. The molecule has 0 N–H and O–H groups in total. The van der Waals surface area contributed by atoms with Gasteiger partial charge in [-0.3, -0.25) is 4.79 Å². The Balaban J connectivity index is 2.93. The molecule has 0 aromatic carbocycles. The number of carbonyl (C=O) groups is 1. The highest BCUT2D eigenvalue weighted by Crippen LogP contribution is 2.22. The summed E-state index contributed by atoms with van der Waals surface area (Å²) in [7, 11) is 0. The smallest absolute Gasteiger partial charge is 0.209 e. The second kappa shape index (κ2) is 2.98. The highest BCUT2D eigenvalue weighted by atomic mass is 32.1. The summed E-state index contributed by atoms with van der Waals surface area (Å²) in [4.78, 5) is 12.8. The Morgan fingerprint density at radius 3 is 2.42 bits per heavy atom. The summed E-state index contributed by atoms with van der Waals surface area (Å²) in [6.45, 7) is 4.46. The Kier molecular flexibility index (Phi) is 2.33. The number of hydrogen-bond acceptors (Lipinski definition) is 2. The van der Waals surface area contributed by atoms with Gasteiger partial charge in [-0.05, 0) is 32.9 Å². The standard InChI is InChI=1S/C9H11FOS/c1-6-4-5-7(12-6)8(11)9(2,3)10/h4-5H,1-3H3. The number of aryl methyl sites for hydroxylation is 1. The lowest BCUT2D eigenvalue weighted by atomic mass is 10.1. The molecular formula is C9H11FOS. The van der Waals surface area contributed by atoms with Gasteiger partial charge in [0.1, 0.15) is 0 Å². The molecule has 0 fully saturated rings. The Morgan fingerprint density at radius 1 is 1.50 bits per heavy atom. The van der Waals surface area contributed by atoms with Crippen LogP contribution in [0.2, 0.25) is 0 Å². The first-order chi connectivity index (χ1) is 5.41. The molecule has 1 rings (SSSR count). The molecule has 0 atom stereocenters. The van der Waals surface area contributed by atoms with Crippen LogP contribution in [0.15, 0.2) is 12.1 Å². The van der Waals surface area contributed by atoms with E-state index in [-0.39, 0.29) is 0 Å². The number of halogens is 1. The second-order valence-corrected chi connectivity index (χ2v) is 4.50. The van der Waals surface area contributed by atoms with Crippen LogP contribution in [0, 0.1) is 6.92 Å². The van der Waals surface area contributed by atoms with Crippen molar-refractivity contribution in [2.45, 2.75) is 26.4 Å². The van der Waals surface area contributed by atoms with E-state index in [1.807, 2.05) is 13.0 Å². The largest absolute Gasteiger partial charge is 0.290 e. The normalized spacial score (nSPS) is 11.7. The maximum atomic E-state index is 13.1. The second-order valence-electron chi connectivity index (χ2n) is 3.21. The number of thiophene rings is 1. The summed E-state index contributed by atoms with van der Waals surface area (Å²) < 4.78 is 13.1.